The lowest BCUT2D eigenvalue weighted by Crippen LogP contribution is -1.99. The number of hydrogen-bond acceptors (Lipinski definition) is 3. The molecule has 2 rings (SSSR count). The Morgan fingerprint density at radius 1 is 1.11 bits per heavy atom. The summed E-state index contributed by atoms with van der Waals surface area (Å²) in [6.45, 7) is 1.98. The second-order valence-electron chi connectivity index (χ2n) is 4.14. The van der Waals surface area contributed by atoms with Crippen LogP contribution in [0.15, 0.2) is 47.6 Å². The van der Waals surface area contributed by atoms with Gasteiger partial charge in [-0.15, -0.1) is 0 Å². The first-order chi connectivity index (χ1) is 8.69. The normalized spacial score (nSPS) is 12.3. The summed E-state index contributed by atoms with van der Waals surface area (Å²) in [6, 6.07) is 11.2. The highest BCUT2D eigenvalue weighted by Crippen LogP contribution is 2.12. The summed E-state index contributed by atoms with van der Waals surface area (Å²) >= 11 is 0. The fourth-order valence-electron chi connectivity index (χ4n) is 1.56. The van der Waals surface area contributed by atoms with Crippen molar-refractivity contribution in [1.82, 2.24) is 4.98 Å². The van der Waals surface area contributed by atoms with E-state index in [0.29, 0.717) is 10.8 Å². The molecule has 1 aromatic carbocycles. The monoisotopic (exact) mass is 261 g/mol. The molecule has 0 saturated heterocycles. The fourth-order valence-corrected chi connectivity index (χ4v) is 2.59. The van der Waals surface area contributed by atoms with Crippen LogP contribution in [0.5, 0.6) is 0 Å². The van der Waals surface area contributed by atoms with Gasteiger partial charge in [-0.1, -0.05) is 30.3 Å². The summed E-state index contributed by atoms with van der Waals surface area (Å²) in [5.41, 5.74) is 2.90. The van der Waals surface area contributed by atoms with Gasteiger partial charge in [0.15, 0.2) is 0 Å². The number of aliphatic hydroxyl groups is 1. The second kappa shape index (κ2) is 5.89. The predicted molar refractivity (Wildman–Crippen MR) is 71.5 cm³/mol. The third kappa shape index (κ3) is 3.24. The van der Waals surface area contributed by atoms with E-state index in [9.17, 15) is 4.21 Å². The smallest absolute Gasteiger partial charge is 0.127 e. The largest absolute Gasteiger partial charge is 0.392 e. The van der Waals surface area contributed by atoms with E-state index in [1.807, 2.05) is 37.3 Å². The molecule has 1 N–H and O–H groups in total. The van der Waals surface area contributed by atoms with Crippen molar-refractivity contribution in [2.24, 2.45) is 0 Å². The molecule has 0 aliphatic heterocycles. The lowest BCUT2D eigenvalue weighted by Gasteiger charge is -2.03. The highest BCUT2D eigenvalue weighted by molar-refractivity contribution is 7.84. The molecule has 1 unspecified atom stereocenters. The Morgan fingerprint density at radius 2 is 1.78 bits per heavy atom. The van der Waals surface area contributed by atoms with Crippen molar-refractivity contribution in [3.63, 3.8) is 0 Å². The molecule has 0 spiro atoms. The van der Waals surface area contributed by atoms with E-state index in [-0.39, 0.29) is 6.61 Å². The molecular weight excluding hydrogens is 246 g/mol. The van der Waals surface area contributed by atoms with E-state index >= 15 is 0 Å². The Balaban J connectivity index is 2.08. The zero-order valence-electron chi connectivity index (χ0n) is 10.2. The van der Waals surface area contributed by atoms with Gasteiger partial charge in [-0.05, 0) is 29.7 Å². The van der Waals surface area contributed by atoms with E-state index in [1.165, 1.54) is 0 Å². The zero-order valence-corrected chi connectivity index (χ0v) is 11.0. The van der Waals surface area contributed by atoms with E-state index in [2.05, 4.69) is 4.98 Å². The first kappa shape index (κ1) is 12.9. The molecule has 2 aromatic rings. The van der Waals surface area contributed by atoms with Crippen LogP contribution in [0.2, 0.25) is 0 Å². The van der Waals surface area contributed by atoms with Gasteiger partial charge in [0.25, 0.3) is 0 Å². The molecule has 18 heavy (non-hydrogen) atoms. The molecule has 0 fully saturated rings. The minimum Gasteiger partial charge on any atom is -0.392 e. The number of benzene rings is 1. The minimum atomic E-state index is -1.12. The SMILES string of the molecule is Cc1ccc(S(=O)Cc2ccc(CO)cc2)nc1. The maximum atomic E-state index is 12.1. The van der Waals surface area contributed by atoms with Crippen LogP contribution in [0.1, 0.15) is 16.7 Å². The molecule has 1 heterocycles. The lowest BCUT2D eigenvalue weighted by atomic mass is 10.2. The average molecular weight is 261 g/mol. The van der Waals surface area contributed by atoms with Gasteiger partial charge in [0.05, 0.1) is 23.2 Å². The molecule has 3 nitrogen and oxygen atoms in total. The molecule has 0 aliphatic carbocycles. The second-order valence-corrected chi connectivity index (χ2v) is 5.54. The summed E-state index contributed by atoms with van der Waals surface area (Å²) in [5, 5.41) is 9.55. The molecule has 0 aliphatic rings. The molecule has 1 aromatic heterocycles. The van der Waals surface area contributed by atoms with Crippen molar-refractivity contribution in [2.75, 3.05) is 0 Å². The van der Waals surface area contributed by atoms with Gasteiger partial charge in [-0.3, -0.25) is 4.21 Å². The van der Waals surface area contributed by atoms with E-state index in [4.69, 9.17) is 5.11 Å². The quantitative estimate of drug-likeness (QED) is 0.918. The van der Waals surface area contributed by atoms with Crippen LogP contribution in [0.25, 0.3) is 0 Å². The fraction of sp³-hybridized carbons (Fsp3) is 0.214. The van der Waals surface area contributed by atoms with E-state index in [1.54, 1.807) is 12.3 Å². The number of aromatic nitrogens is 1. The van der Waals surface area contributed by atoms with Crippen molar-refractivity contribution in [3.8, 4) is 0 Å². The Bertz CT molecular complexity index is 535. The van der Waals surface area contributed by atoms with Gasteiger partial charge < -0.3 is 5.11 Å². The van der Waals surface area contributed by atoms with Crippen LogP contribution < -0.4 is 0 Å². The number of nitrogens with zero attached hydrogens (tertiary/aromatic N) is 1. The summed E-state index contributed by atoms with van der Waals surface area (Å²) in [4.78, 5) is 4.17. The van der Waals surface area contributed by atoms with Crippen LogP contribution in [0.4, 0.5) is 0 Å². The summed E-state index contributed by atoms with van der Waals surface area (Å²) in [6.07, 6.45) is 1.72. The van der Waals surface area contributed by atoms with Crippen LogP contribution in [0, 0.1) is 6.92 Å². The van der Waals surface area contributed by atoms with Crippen molar-refractivity contribution in [1.29, 1.82) is 0 Å². The molecule has 0 amide bonds. The Kier molecular flexibility index (Phi) is 4.23. The maximum Gasteiger partial charge on any atom is 0.127 e. The lowest BCUT2D eigenvalue weighted by molar-refractivity contribution is 0.282. The van der Waals surface area contributed by atoms with Gasteiger partial charge in [0.1, 0.15) is 5.03 Å². The first-order valence-corrected chi connectivity index (χ1v) is 7.00. The van der Waals surface area contributed by atoms with Crippen molar-refractivity contribution in [2.45, 2.75) is 24.3 Å². The van der Waals surface area contributed by atoms with Crippen LogP contribution in [-0.4, -0.2) is 14.3 Å². The van der Waals surface area contributed by atoms with Crippen molar-refractivity contribution < 1.29 is 9.32 Å². The third-order valence-corrected chi connectivity index (χ3v) is 3.92. The summed E-state index contributed by atoms with van der Waals surface area (Å²) < 4.78 is 12.1. The topological polar surface area (TPSA) is 50.2 Å². The standard InChI is InChI=1S/C14H15NO2S/c1-11-2-7-14(15-8-11)18(17)10-13-5-3-12(9-16)4-6-13/h2-8,16H,9-10H2,1H3. The third-order valence-electron chi connectivity index (χ3n) is 2.62. The summed E-state index contributed by atoms with van der Waals surface area (Å²) in [7, 11) is -1.12. The van der Waals surface area contributed by atoms with Gasteiger partial charge in [-0.2, -0.15) is 0 Å². The van der Waals surface area contributed by atoms with E-state index in [0.717, 1.165) is 16.7 Å². The minimum absolute atomic E-state index is 0.0306. The predicted octanol–water partition coefficient (Wildman–Crippen LogP) is 2.19. The number of aliphatic hydroxyl groups excluding tert-OH is 1. The molecule has 0 saturated carbocycles. The number of pyridine rings is 1. The Morgan fingerprint density at radius 3 is 2.33 bits per heavy atom. The van der Waals surface area contributed by atoms with Crippen LogP contribution in [-0.2, 0) is 23.2 Å². The Labute approximate surface area is 109 Å². The molecule has 94 valence electrons. The molecular formula is C14H15NO2S. The van der Waals surface area contributed by atoms with Gasteiger partial charge in [0, 0.05) is 6.20 Å². The Hall–Kier alpha value is -1.52. The average Bonchev–Trinajstić information content (AvgIpc) is 2.40. The van der Waals surface area contributed by atoms with Crippen molar-refractivity contribution >= 4 is 10.8 Å². The molecule has 0 radical (unpaired) electrons. The van der Waals surface area contributed by atoms with Crippen LogP contribution >= 0.6 is 0 Å². The molecule has 4 heteroatoms. The highest BCUT2D eigenvalue weighted by atomic mass is 32.2. The maximum absolute atomic E-state index is 12.1. The molecule has 1 atom stereocenters. The number of aryl methyl sites for hydroxylation is 1. The number of hydrogen-bond donors (Lipinski definition) is 1. The molecule has 0 bridgehead atoms. The van der Waals surface area contributed by atoms with Gasteiger partial charge >= 0.3 is 0 Å². The first-order valence-electron chi connectivity index (χ1n) is 5.69. The zero-order chi connectivity index (χ0) is 13.0. The van der Waals surface area contributed by atoms with Crippen LogP contribution in [0.3, 0.4) is 0 Å². The number of rotatable bonds is 4. The highest BCUT2D eigenvalue weighted by Gasteiger charge is 2.06. The van der Waals surface area contributed by atoms with Crippen molar-refractivity contribution in [3.05, 3.63) is 59.3 Å². The van der Waals surface area contributed by atoms with E-state index < -0.39 is 10.8 Å². The van der Waals surface area contributed by atoms with Gasteiger partial charge in [-0.25, -0.2) is 4.98 Å². The van der Waals surface area contributed by atoms with Gasteiger partial charge in [0.2, 0.25) is 0 Å². The summed E-state index contributed by atoms with van der Waals surface area (Å²) in [5.74, 6) is 0.446.